The van der Waals surface area contributed by atoms with Gasteiger partial charge in [-0.15, -0.1) is 0 Å². The number of halogens is 2. The van der Waals surface area contributed by atoms with Gasteiger partial charge < -0.3 is 9.84 Å². The van der Waals surface area contributed by atoms with Crippen LogP contribution in [0.4, 0.5) is 0 Å². The SMILES string of the molecule is COC(=O)C1C(C)=NC2=C(C(=O)CC(C)(C)C2)[C@@H]1c1cc(Br)cc(Br)c1O. The molecule has 144 valence electrons. The molecule has 0 radical (unpaired) electrons. The summed E-state index contributed by atoms with van der Waals surface area (Å²) in [6.45, 7) is 5.84. The van der Waals surface area contributed by atoms with Crippen LogP contribution >= 0.6 is 31.9 Å². The summed E-state index contributed by atoms with van der Waals surface area (Å²) in [5.41, 5.74) is 2.11. The average Bonchev–Trinajstić information content (AvgIpc) is 2.55. The lowest BCUT2D eigenvalue weighted by Gasteiger charge is -2.39. The Morgan fingerprint density at radius 3 is 2.59 bits per heavy atom. The summed E-state index contributed by atoms with van der Waals surface area (Å²) in [6.07, 6.45) is 1.02. The van der Waals surface area contributed by atoms with Crippen molar-refractivity contribution in [2.24, 2.45) is 16.3 Å². The smallest absolute Gasteiger partial charge is 0.315 e. The zero-order valence-electron chi connectivity index (χ0n) is 15.6. The molecular weight excluding hydrogens is 478 g/mol. The van der Waals surface area contributed by atoms with Gasteiger partial charge in [0.1, 0.15) is 11.7 Å². The maximum absolute atomic E-state index is 13.1. The second-order valence-electron chi connectivity index (χ2n) is 7.86. The van der Waals surface area contributed by atoms with Gasteiger partial charge in [0.05, 0.1) is 11.6 Å². The number of rotatable bonds is 2. The number of allylic oxidation sites excluding steroid dienone is 2. The minimum Gasteiger partial charge on any atom is -0.506 e. The van der Waals surface area contributed by atoms with E-state index in [1.165, 1.54) is 7.11 Å². The Morgan fingerprint density at radius 2 is 1.96 bits per heavy atom. The monoisotopic (exact) mass is 497 g/mol. The Labute approximate surface area is 175 Å². The largest absolute Gasteiger partial charge is 0.506 e. The first-order valence-corrected chi connectivity index (χ1v) is 10.2. The highest BCUT2D eigenvalue weighted by Crippen LogP contribution is 2.50. The molecule has 3 rings (SSSR count). The maximum Gasteiger partial charge on any atom is 0.315 e. The molecule has 27 heavy (non-hydrogen) atoms. The highest BCUT2D eigenvalue weighted by atomic mass is 79.9. The number of phenols is 1. The second-order valence-corrected chi connectivity index (χ2v) is 9.63. The molecular formula is C20H21Br2NO4. The molecule has 5 nitrogen and oxygen atoms in total. The first kappa shape index (κ1) is 20.3. The van der Waals surface area contributed by atoms with E-state index in [2.05, 4.69) is 36.9 Å². The summed E-state index contributed by atoms with van der Waals surface area (Å²) in [5, 5.41) is 10.7. The second kappa shape index (κ2) is 7.17. The summed E-state index contributed by atoms with van der Waals surface area (Å²) in [5.74, 6) is -1.89. The standard InChI is InChI=1S/C20H21Br2NO4/c1-9-15(19(26)27-4)16(11-5-10(21)6-12(22)18(11)25)17-13(23-9)7-20(2,3)8-14(17)24/h5-6,15-16,25H,7-8H2,1-4H3/t15?,16-/m1/s1. The summed E-state index contributed by atoms with van der Waals surface area (Å²) in [4.78, 5) is 30.3. The fourth-order valence-corrected chi connectivity index (χ4v) is 5.29. The van der Waals surface area contributed by atoms with Gasteiger partial charge in [0.2, 0.25) is 0 Å². The van der Waals surface area contributed by atoms with Crippen LogP contribution in [0.15, 0.2) is 37.3 Å². The summed E-state index contributed by atoms with van der Waals surface area (Å²) in [7, 11) is 1.32. The van der Waals surface area contributed by atoms with Crippen LogP contribution in [0.2, 0.25) is 0 Å². The van der Waals surface area contributed by atoms with Crippen molar-refractivity contribution in [1.29, 1.82) is 0 Å². The van der Waals surface area contributed by atoms with E-state index in [-0.39, 0.29) is 16.9 Å². The molecule has 1 N–H and O–H groups in total. The number of carbonyl (C=O) groups is 2. The van der Waals surface area contributed by atoms with Gasteiger partial charge in [-0.1, -0.05) is 29.8 Å². The third-order valence-electron chi connectivity index (χ3n) is 5.15. The Morgan fingerprint density at radius 1 is 1.30 bits per heavy atom. The zero-order chi connectivity index (χ0) is 20.1. The van der Waals surface area contributed by atoms with E-state index in [1.807, 2.05) is 13.8 Å². The molecule has 2 atom stereocenters. The number of nitrogens with zero attached hydrogens (tertiary/aromatic N) is 1. The molecule has 2 aliphatic rings. The van der Waals surface area contributed by atoms with Crippen molar-refractivity contribution < 1.29 is 19.4 Å². The molecule has 0 spiro atoms. The number of aliphatic imine (C=N–C) groups is 1. The van der Waals surface area contributed by atoms with E-state index in [0.29, 0.717) is 39.9 Å². The van der Waals surface area contributed by atoms with Gasteiger partial charge in [0.25, 0.3) is 0 Å². The zero-order valence-corrected chi connectivity index (χ0v) is 18.8. The van der Waals surface area contributed by atoms with E-state index < -0.39 is 17.8 Å². The Kier molecular flexibility index (Phi) is 5.38. The van der Waals surface area contributed by atoms with Crippen LogP contribution in [-0.2, 0) is 14.3 Å². The molecule has 0 saturated heterocycles. The van der Waals surface area contributed by atoms with E-state index in [9.17, 15) is 14.7 Å². The van der Waals surface area contributed by atoms with Crippen LogP contribution in [0, 0.1) is 11.3 Å². The topological polar surface area (TPSA) is 76.0 Å². The summed E-state index contributed by atoms with van der Waals surface area (Å²) in [6, 6.07) is 3.47. The lowest BCUT2D eigenvalue weighted by molar-refractivity contribution is -0.143. The first-order valence-electron chi connectivity index (χ1n) is 8.63. The number of aromatic hydroxyl groups is 1. The third-order valence-corrected chi connectivity index (χ3v) is 6.21. The predicted octanol–water partition coefficient (Wildman–Crippen LogP) is 4.91. The molecule has 0 amide bonds. The Bertz CT molecular complexity index is 901. The number of carbonyl (C=O) groups excluding carboxylic acids is 2. The van der Waals surface area contributed by atoms with Gasteiger partial charge in [0, 0.05) is 39.4 Å². The number of hydrogen-bond acceptors (Lipinski definition) is 5. The molecule has 0 aromatic heterocycles. The number of methoxy groups -OCH3 is 1. The number of ether oxygens (including phenoxy) is 1. The molecule has 0 fully saturated rings. The average molecular weight is 499 g/mol. The number of hydrogen-bond donors (Lipinski definition) is 1. The van der Waals surface area contributed by atoms with E-state index in [4.69, 9.17) is 4.74 Å². The van der Waals surface area contributed by atoms with Crippen molar-refractivity contribution in [2.45, 2.75) is 39.5 Å². The van der Waals surface area contributed by atoms with Crippen LogP contribution in [-0.4, -0.2) is 29.7 Å². The molecule has 0 bridgehead atoms. The predicted molar refractivity (Wildman–Crippen MR) is 110 cm³/mol. The van der Waals surface area contributed by atoms with E-state index >= 15 is 0 Å². The van der Waals surface area contributed by atoms with Gasteiger partial charge in [-0.2, -0.15) is 0 Å². The Balaban J connectivity index is 2.29. The fourth-order valence-electron chi connectivity index (χ4n) is 4.04. The normalized spacial score (nSPS) is 24.4. The number of Topliss-reactive ketones (excluding diaryl/α,β-unsaturated/α-hetero) is 1. The van der Waals surface area contributed by atoms with Crippen LogP contribution < -0.4 is 0 Å². The van der Waals surface area contributed by atoms with Crippen molar-refractivity contribution in [3.63, 3.8) is 0 Å². The quantitative estimate of drug-likeness (QED) is 0.588. The molecule has 1 aromatic rings. The van der Waals surface area contributed by atoms with Crippen LogP contribution in [0.1, 0.15) is 45.1 Å². The third kappa shape index (κ3) is 3.63. The van der Waals surface area contributed by atoms with Crippen molar-refractivity contribution in [3.8, 4) is 5.75 Å². The summed E-state index contributed by atoms with van der Waals surface area (Å²) < 4.78 is 6.23. The minimum absolute atomic E-state index is 0.0105. The van der Waals surface area contributed by atoms with Crippen LogP contribution in [0.3, 0.4) is 0 Å². The van der Waals surface area contributed by atoms with Gasteiger partial charge in [0.15, 0.2) is 5.78 Å². The molecule has 1 unspecified atom stereocenters. The number of phenolic OH excluding ortho intramolecular Hbond substituents is 1. The highest BCUT2D eigenvalue weighted by molar-refractivity contribution is 9.11. The number of ketones is 1. The molecule has 7 heteroatoms. The van der Waals surface area contributed by atoms with Crippen LogP contribution in [0.5, 0.6) is 5.75 Å². The molecule has 1 heterocycles. The van der Waals surface area contributed by atoms with Gasteiger partial charge in [-0.3, -0.25) is 14.6 Å². The minimum atomic E-state index is -0.758. The molecule has 1 aromatic carbocycles. The lowest BCUT2D eigenvalue weighted by Crippen LogP contribution is -2.39. The highest BCUT2D eigenvalue weighted by Gasteiger charge is 2.46. The number of esters is 1. The van der Waals surface area contributed by atoms with Crippen molar-refractivity contribution >= 4 is 49.3 Å². The lowest BCUT2D eigenvalue weighted by atomic mass is 9.66. The summed E-state index contributed by atoms with van der Waals surface area (Å²) >= 11 is 6.78. The van der Waals surface area contributed by atoms with Gasteiger partial charge >= 0.3 is 5.97 Å². The van der Waals surface area contributed by atoms with E-state index in [0.717, 1.165) is 4.47 Å². The van der Waals surface area contributed by atoms with Gasteiger partial charge in [-0.05, 0) is 46.8 Å². The molecule has 1 aliphatic carbocycles. The van der Waals surface area contributed by atoms with Gasteiger partial charge in [-0.25, -0.2) is 0 Å². The Hall–Kier alpha value is -1.47. The van der Waals surface area contributed by atoms with Crippen molar-refractivity contribution in [1.82, 2.24) is 0 Å². The molecule has 0 saturated carbocycles. The maximum atomic E-state index is 13.1. The molecule has 1 aliphatic heterocycles. The van der Waals surface area contributed by atoms with Crippen molar-refractivity contribution in [2.75, 3.05) is 7.11 Å². The van der Waals surface area contributed by atoms with E-state index in [1.54, 1.807) is 19.1 Å². The number of benzene rings is 1. The fraction of sp³-hybridized carbons (Fsp3) is 0.450. The first-order chi connectivity index (χ1) is 12.6. The van der Waals surface area contributed by atoms with Crippen LogP contribution in [0.25, 0.3) is 0 Å². The van der Waals surface area contributed by atoms with Crippen molar-refractivity contribution in [3.05, 3.63) is 37.9 Å².